The highest BCUT2D eigenvalue weighted by Gasteiger charge is 2.21. The highest BCUT2D eigenvalue weighted by atomic mass is 19.1. The summed E-state index contributed by atoms with van der Waals surface area (Å²) in [6, 6.07) is 12.2. The van der Waals surface area contributed by atoms with Gasteiger partial charge in [0, 0.05) is 37.4 Å². The largest absolute Gasteiger partial charge is 0.454 e. The van der Waals surface area contributed by atoms with Crippen LogP contribution in [0.1, 0.15) is 5.89 Å². The summed E-state index contributed by atoms with van der Waals surface area (Å²) >= 11 is 0. The van der Waals surface area contributed by atoms with Gasteiger partial charge in [-0.05, 0) is 42.5 Å². The molecule has 0 amide bonds. The van der Waals surface area contributed by atoms with E-state index in [1.54, 1.807) is 0 Å². The second kappa shape index (κ2) is 7.12. The maximum absolute atomic E-state index is 13.1. The average molecular weight is 382 g/mol. The Labute approximate surface area is 161 Å². The summed E-state index contributed by atoms with van der Waals surface area (Å²) < 4.78 is 29.6. The zero-order valence-corrected chi connectivity index (χ0v) is 15.2. The van der Waals surface area contributed by atoms with E-state index < -0.39 is 0 Å². The van der Waals surface area contributed by atoms with Gasteiger partial charge in [0.1, 0.15) is 5.82 Å². The predicted molar refractivity (Wildman–Crippen MR) is 99.7 cm³/mol. The van der Waals surface area contributed by atoms with Crippen molar-refractivity contribution in [3.05, 3.63) is 54.2 Å². The Bertz CT molecular complexity index is 968. The predicted octanol–water partition coefficient (Wildman–Crippen LogP) is 2.93. The molecule has 1 saturated heterocycles. The first kappa shape index (κ1) is 17.0. The molecule has 3 aromatic rings. The minimum atomic E-state index is -0.211. The third-order valence-corrected chi connectivity index (χ3v) is 5.01. The molecular weight excluding hydrogens is 363 g/mol. The van der Waals surface area contributed by atoms with Crippen LogP contribution in [-0.4, -0.2) is 48.1 Å². The van der Waals surface area contributed by atoms with Crippen molar-refractivity contribution in [2.24, 2.45) is 0 Å². The van der Waals surface area contributed by atoms with Gasteiger partial charge in [-0.3, -0.25) is 4.90 Å². The van der Waals surface area contributed by atoms with Gasteiger partial charge in [-0.15, -0.1) is 10.2 Å². The smallest absolute Gasteiger partial charge is 0.247 e. The standard InChI is InChI=1S/C20H19FN4O3/c21-15-2-4-16(5-3-15)25-9-7-24(8-10-25)12-19-22-23-20(28-19)14-1-6-17-18(11-14)27-13-26-17/h1-6,11H,7-10,12-13H2. The summed E-state index contributed by atoms with van der Waals surface area (Å²) in [6.07, 6.45) is 0. The number of ether oxygens (including phenoxy) is 2. The van der Waals surface area contributed by atoms with Crippen LogP contribution in [0.2, 0.25) is 0 Å². The van der Waals surface area contributed by atoms with E-state index in [-0.39, 0.29) is 12.6 Å². The normalized spacial score (nSPS) is 16.5. The van der Waals surface area contributed by atoms with Crippen molar-refractivity contribution < 1.29 is 18.3 Å². The average Bonchev–Trinajstić information content (AvgIpc) is 3.38. The number of fused-ring (bicyclic) bond motifs is 1. The van der Waals surface area contributed by atoms with Gasteiger partial charge in [-0.25, -0.2) is 4.39 Å². The highest BCUT2D eigenvalue weighted by Crippen LogP contribution is 2.35. The zero-order chi connectivity index (χ0) is 18.9. The summed E-state index contributed by atoms with van der Waals surface area (Å²) in [5.74, 6) is 2.26. The van der Waals surface area contributed by atoms with Crippen LogP contribution in [0.5, 0.6) is 11.5 Å². The number of piperazine rings is 1. The van der Waals surface area contributed by atoms with E-state index in [1.807, 2.05) is 30.3 Å². The Kier molecular flexibility index (Phi) is 4.32. The Balaban J connectivity index is 1.20. The van der Waals surface area contributed by atoms with Crippen molar-refractivity contribution in [2.45, 2.75) is 6.54 Å². The fourth-order valence-electron chi connectivity index (χ4n) is 3.47. The molecule has 0 N–H and O–H groups in total. The number of aromatic nitrogens is 2. The molecule has 0 saturated carbocycles. The molecule has 2 aliphatic rings. The van der Waals surface area contributed by atoms with E-state index >= 15 is 0 Å². The Morgan fingerprint density at radius 2 is 1.68 bits per heavy atom. The van der Waals surface area contributed by atoms with E-state index in [4.69, 9.17) is 13.9 Å². The van der Waals surface area contributed by atoms with Gasteiger partial charge in [-0.1, -0.05) is 0 Å². The molecule has 3 heterocycles. The maximum atomic E-state index is 13.1. The van der Waals surface area contributed by atoms with Gasteiger partial charge in [0.2, 0.25) is 18.6 Å². The summed E-state index contributed by atoms with van der Waals surface area (Å²) in [4.78, 5) is 4.53. The lowest BCUT2D eigenvalue weighted by Gasteiger charge is -2.35. The molecule has 0 atom stereocenters. The van der Waals surface area contributed by atoms with Gasteiger partial charge in [0.15, 0.2) is 11.5 Å². The minimum Gasteiger partial charge on any atom is -0.454 e. The first-order chi connectivity index (χ1) is 13.7. The second-order valence-electron chi connectivity index (χ2n) is 6.81. The lowest BCUT2D eigenvalue weighted by molar-refractivity contribution is 0.174. The molecule has 1 aromatic heterocycles. The van der Waals surface area contributed by atoms with Crippen LogP contribution in [0.25, 0.3) is 11.5 Å². The Morgan fingerprint density at radius 3 is 2.50 bits per heavy atom. The second-order valence-corrected chi connectivity index (χ2v) is 6.81. The number of hydrogen-bond donors (Lipinski definition) is 0. The van der Waals surface area contributed by atoms with Crippen molar-refractivity contribution >= 4 is 5.69 Å². The molecule has 0 unspecified atom stereocenters. The van der Waals surface area contributed by atoms with Crippen LogP contribution >= 0.6 is 0 Å². The van der Waals surface area contributed by atoms with Crippen molar-refractivity contribution in [2.75, 3.05) is 37.9 Å². The summed E-state index contributed by atoms with van der Waals surface area (Å²) in [7, 11) is 0. The molecule has 0 bridgehead atoms. The molecule has 7 nitrogen and oxygen atoms in total. The number of anilines is 1. The molecule has 1 fully saturated rings. The molecule has 144 valence electrons. The van der Waals surface area contributed by atoms with Crippen molar-refractivity contribution in [3.63, 3.8) is 0 Å². The quantitative estimate of drug-likeness (QED) is 0.687. The van der Waals surface area contributed by atoms with Crippen molar-refractivity contribution in [3.8, 4) is 23.0 Å². The highest BCUT2D eigenvalue weighted by molar-refractivity contribution is 5.60. The molecule has 0 aliphatic carbocycles. The number of benzene rings is 2. The SMILES string of the molecule is Fc1ccc(N2CCN(Cc3nnc(-c4ccc5c(c4)OCO5)o3)CC2)cc1. The van der Waals surface area contributed by atoms with E-state index in [1.165, 1.54) is 12.1 Å². The molecule has 2 aromatic carbocycles. The Hall–Kier alpha value is -3.13. The molecule has 8 heteroatoms. The maximum Gasteiger partial charge on any atom is 0.247 e. The molecular formula is C20H19FN4O3. The van der Waals surface area contributed by atoms with E-state index in [9.17, 15) is 4.39 Å². The minimum absolute atomic E-state index is 0.211. The Morgan fingerprint density at radius 1 is 0.893 bits per heavy atom. The third-order valence-electron chi connectivity index (χ3n) is 5.01. The van der Waals surface area contributed by atoms with Gasteiger partial charge in [0.05, 0.1) is 6.54 Å². The third kappa shape index (κ3) is 3.38. The molecule has 0 spiro atoms. The van der Waals surface area contributed by atoms with E-state index in [2.05, 4.69) is 20.0 Å². The first-order valence-electron chi connectivity index (χ1n) is 9.20. The van der Waals surface area contributed by atoms with Crippen LogP contribution in [0.4, 0.5) is 10.1 Å². The monoisotopic (exact) mass is 382 g/mol. The molecule has 28 heavy (non-hydrogen) atoms. The van der Waals surface area contributed by atoms with E-state index in [0.29, 0.717) is 24.1 Å². The van der Waals surface area contributed by atoms with Gasteiger partial charge >= 0.3 is 0 Å². The number of nitrogens with zero attached hydrogens (tertiary/aromatic N) is 4. The van der Waals surface area contributed by atoms with Gasteiger partial charge in [-0.2, -0.15) is 0 Å². The van der Waals surface area contributed by atoms with Crippen LogP contribution in [0.3, 0.4) is 0 Å². The summed E-state index contributed by atoms with van der Waals surface area (Å²) in [5, 5.41) is 8.34. The number of halogens is 1. The number of rotatable bonds is 4. The zero-order valence-electron chi connectivity index (χ0n) is 15.2. The lowest BCUT2D eigenvalue weighted by atomic mass is 10.2. The van der Waals surface area contributed by atoms with Crippen LogP contribution in [0.15, 0.2) is 46.9 Å². The van der Waals surface area contributed by atoms with Gasteiger partial charge < -0.3 is 18.8 Å². The van der Waals surface area contributed by atoms with Crippen LogP contribution in [-0.2, 0) is 6.54 Å². The topological polar surface area (TPSA) is 63.9 Å². The molecule has 2 aliphatic heterocycles. The fraction of sp³-hybridized carbons (Fsp3) is 0.300. The first-order valence-corrected chi connectivity index (χ1v) is 9.20. The van der Waals surface area contributed by atoms with Gasteiger partial charge in [0.25, 0.3) is 0 Å². The lowest BCUT2D eigenvalue weighted by Crippen LogP contribution is -2.46. The molecule has 0 radical (unpaired) electrons. The number of hydrogen-bond acceptors (Lipinski definition) is 7. The van der Waals surface area contributed by atoms with Crippen LogP contribution in [0, 0.1) is 5.82 Å². The summed E-state index contributed by atoms with van der Waals surface area (Å²) in [5.41, 5.74) is 1.85. The van der Waals surface area contributed by atoms with Crippen molar-refractivity contribution in [1.29, 1.82) is 0 Å². The molecule has 5 rings (SSSR count). The fourth-order valence-corrected chi connectivity index (χ4v) is 3.47. The van der Waals surface area contributed by atoms with E-state index in [0.717, 1.165) is 43.2 Å². The van der Waals surface area contributed by atoms with Crippen molar-refractivity contribution in [1.82, 2.24) is 15.1 Å². The van der Waals surface area contributed by atoms with Crippen LogP contribution < -0.4 is 14.4 Å². The summed E-state index contributed by atoms with van der Waals surface area (Å²) in [6.45, 7) is 4.33.